The fourth-order valence-electron chi connectivity index (χ4n) is 18.1. The van der Waals surface area contributed by atoms with Crippen LogP contribution >= 0.6 is 58.0 Å². The smallest absolute Gasteiger partial charge is 0.311 e. The highest BCUT2D eigenvalue weighted by molar-refractivity contribution is 6.35. The van der Waals surface area contributed by atoms with Crippen LogP contribution < -0.4 is 55.3 Å². The molecule has 20 rings (SSSR count). The Bertz CT molecular complexity index is 5330. The Morgan fingerprint density at radius 3 is 0.950 bits per heavy atom. The standard InChI is InChI=1S/4C17H19ClN4O2.C10H10ClNO2.C7H11N3O/c2*18-13-3-1-2-10-11(6-7-20-15(10)13)17(24)22-14-8-9(23)4-5-12(14)16(19)21-22;2*18-13-3-1-2-10-11(6-7-20-15(10)13)17(24)22-16(19)12-5-4-9(23)8-14(12)21-22;11-8-3-1-2-6-7(10(13)14)4-5-12-9(6)8;8-7-5-2-1-4(11)3-6(5)9-10-7/h2*1-3,9,11,20,23H,4-8H2,(H2,19,21);2*1-3,9,11,20,23H,4-8,19H2;1-3,7,12H,4-5H2,(H,13,14);4,11H,1-3H2,(H3,8,9,10)/t9-,11+;9-,11-;9-,11+;9-,11-;;4-/m1111.1/s1. The Hall–Kier alpha value is -10.5. The van der Waals surface area contributed by atoms with Gasteiger partial charge >= 0.3 is 5.97 Å². The molecule has 31 nitrogen and oxygen atoms in total. The predicted octanol–water partition coefficient (Wildman–Crippen LogP) is 11.0. The van der Waals surface area contributed by atoms with E-state index in [4.69, 9.17) is 91.8 Å². The first kappa shape index (κ1) is 85.5. The summed E-state index contributed by atoms with van der Waals surface area (Å²) in [6.07, 6.45) is 10.7. The molecule has 10 aliphatic rings. The summed E-state index contributed by atoms with van der Waals surface area (Å²) in [5, 5.41) is 101. The molecule has 0 amide bonds. The van der Waals surface area contributed by atoms with E-state index < -0.39 is 36.3 Å². The molecular weight excluding hydrogens is 1650 g/mol. The van der Waals surface area contributed by atoms with Crippen molar-refractivity contribution in [1.82, 2.24) is 49.3 Å². The number of carboxylic acid groups (broad SMARTS) is 1. The Morgan fingerprint density at radius 2 is 0.620 bits per heavy atom. The van der Waals surface area contributed by atoms with Crippen LogP contribution in [0.4, 0.5) is 57.5 Å². The molecule has 0 bridgehead atoms. The number of fused-ring (bicyclic) bond motifs is 10. The van der Waals surface area contributed by atoms with Crippen LogP contribution in [0, 0.1) is 0 Å². The number of aromatic nitrogens is 10. The van der Waals surface area contributed by atoms with Crippen molar-refractivity contribution in [2.75, 3.05) is 88.0 Å². The topological polar surface area (TPSA) is 497 Å². The summed E-state index contributed by atoms with van der Waals surface area (Å²) in [5.41, 5.74) is 46.9. The molecule has 10 heterocycles. The number of carboxylic acids is 1. The van der Waals surface area contributed by atoms with Crippen LogP contribution in [0.1, 0.15) is 197 Å². The molecular formula is C85H97Cl5N20O11. The lowest BCUT2D eigenvalue weighted by molar-refractivity contribution is -0.139. The largest absolute Gasteiger partial charge is 0.481 e. The fraction of sp³-hybridized carbons (Fsp3) is 0.412. The normalized spacial score (nSPS) is 22.2. The molecule has 22 N–H and O–H groups in total. The molecule has 5 aromatic heterocycles. The SMILES string of the molecule is Nc1c2c(nn1C(=O)[C@@H]1CCNc3c(Cl)cccc31)C[C@H](O)CC2.Nc1c2c(nn1C(=O)[C@H]1CCNc3c(Cl)cccc31)C[C@H](O)CC2.Nc1n[nH]c2c1CC[C@@H](O)C2.Nc1nn(C(=O)[C@@H]2CCNc3c(Cl)cccc32)c2c1CC[C@@H](O)C2.Nc1nn(C(=O)[C@H]2CCNc3c(Cl)cccc32)c2c1CC[C@@H](O)C2.O=C(O)C1CCNc2c(Cl)cccc21. The zero-order valence-corrected chi connectivity index (χ0v) is 69.9. The zero-order chi connectivity index (χ0) is 85.4. The van der Waals surface area contributed by atoms with Crippen molar-refractivity contribution >= 4 is 145 Å². The highest BCUT2D eigenvalue weighted by atomic mass is 35.5. The molecule has 1 unspecified atom stereocenters. The molecule has 0 fully saturated rings. The van der Waals surface area contributed by atoms with Crippen LogP contribution in [0.3, 0.4) is 0 Å². The maximum atomic E-state index is 13.2. The second-order valence-electron chi connectivity index (χ2n) is 32.0. The highest BCUT2D eigenvalue weighted by Gasteiger charge is 2.40. The van der Waals surface area contributed by atoms with E-state index in [-0.39, 0.29) is 53.4 Å². The number of para-hydroxylation sites is 5. The Balaban J connectivity index is 0.000000115. The number of aliphatic carboxylic acids is 1. The molecule has 10 atom stereocenters. The molecule has 638 valence electrons. The number of halogens is 5. The molecule has 0 saturated heterocycles. The summed E-state index contributed by atoms with van der Waals surface area (Å²) in [7, 11) is 0. The lowest BCUT2D eigenvalue weighted by Crippen LogP contribution is -2.30. The van der Waals surface area contributed by atoms with Gasteiger partial charge in [-0.1, -0.05) is 119 Å². The summed E-state index contributed by atoms with van der Waals surface area (Å²) in [5.74, 6) is -0.797. The number of nitrogens with two attached hydrogens (primary N) is 5. The van der Waals surface area contributed by atoms with Gasteiger partial charge in [0.2, 0.25) is 0 Å². The molecule has 36 heteroatoms. The summed E-state index contributed by atoms with van der Waals surface area (Å²) < 4.78 is 5.47. The number of benzene rings is 5. The minimum atomic E-state index is -0.782. The molecule has 121 heavy (non-hydrogen) atoms. The fourth-order valence-corrected chi connectivity index (χ4v) is 19.3. The summed E-state index contributed by atoms with van der Waals surface area (Å²) in [4.78, 5) is 63.4. The Labute approximate surface area is 721 Å². The summed E-state index contributed by atoms with van der Waals surface area (Å²) in [6.45, 7) is 3.36. The number of hydrogen-bond donors (Lipinski definition) is 17. The first-order valence-corrected chi connectivity index (χ1v) is 42.8. The van der Waals surface area contributed by atoms with E-state index in [2.05, 4.69) is 57.2 Å². The van der Waals surface area contributed by atoms with E-state index in [0.717, 1.165) is 125 Å². The van der Waals surface area contributed by atoms with Gasteiger partial charge in [0.15, 0.2) is 0 Å². The first-order chi connectivity index (χ1) is 58.2. The third-order valence-corrected chi connectivity index (χ3v) is 25.9. The molecule has 0 radical (unpaired) electrons. The minimum Gasteiger partial charge on any atom is -0.481 e. The molecule has 0 saturated carbocycles. The van der Waals surface area contributed by atoms with Gasteiger partial charge < -0.3 is 85.9 Å². The number of nitrogens with zero attached hydrogens (tertiary/aromatic N) is 9. The number of nitrogen functional groups attached to an aromatic ring is 5. The Kier molecular flexibility index (Phi) is 25.9. The second-order valence-corrected chi connectivity index (χ2v) is 34.0. The lowest BCUT2D eigenvalue weighted by atomic mass is 9.89. The van der Waals surface area contributed by atoms with E-state index in [9.17, 15) is 49.5 Å². The highest BCUT2D eigenvalue weighted by Crippen LogP contribution is 2.45. The molecule has 5 aliphatic heterocycles. The van der Waals surface area contributed by atoms with Crippen molar-refractivity contribution in [2.24, 2.45) is 0 Å². The number of carbonyl (C=O) groups excluding carboxylic acids is 4. The minimum absolute atomic E-state index is 0.109. The van der Waals surface area contributed by atoms with Crippen molar-refractivity contribution < 1.29 is 54.6 Å². The number of hydrogen-bond acceptors (Lipinski definition) is 25. The molecule has 5 aliphatic carbocycles. The van der Waals surface area contributed by atoms with E-state index in [0.29, 0.717) is 203 Å². The van der Waals surface area contributed by atoms with Gasteiger partial charge in [-0.3, -0.25) is 29.1 Å². The number of H-pyrrole nitrogens is 1. The first-order valence-electron chi connectivity index (χ1n) is 40.9. The number of aliphatic hydroxyl groups excluding tert-OH is 5. The van der Waals surface area contributed by atoms with Crippen molar-refractivity contribution in [3.05, 3.63) is 200 Å². The van der Waals surface area contributed by atoms with Gasteiger partial charge in [0.25, 0.3) is 23.6 Å². The Morgan fingerprint density at radius 1 is 0.339 bits per heavy atom. The van der Waals surface area contributed by atoms with Crippen LogP contribution in [0.2, 0.25) is 25.1 Å². The van der Waals surface area contributed by atoms with Crippen LogP contribution in [0.15, 0.2) is 91.0 Å². The average molecular weight is 1750 g/mol. The monoisotopic (exact) mass is 1750 g/mol. The maximum Gasteiger partial charge on any atom is 0.311 e. The van der Waals surface area contributed by atoms with Gasteiger partial charge in [-0.05, 0) is 154 Å². The lowest BCUT2D eigenvalue weighted by Gasteiger charge is -2.27. The predicted molar refractivity (Wildman–Crippen MR) is 466 cm³/mol. The zero-order valence-electron chi connectivity index (χ0n) is 66.1. The van der Waals surface area contributed by atoms with Gasteiger partial charge in [0.1, 0.15) is 29.1 Å². The van der Waals surface area contributed by atoms with Gasteiger partial charge in [-0.15, -0.1) is 10.2 Å². The van der Waals surface area contributed by atoms with Gasteiger partial charge in [-0.2, -0.15) is 24.7 Å². The van der Waals surface area contributed by atoms with Crippen molar-refractivity contribution in [2.45, 2.75) is 189 Å². The van der Waals surface area contributed by atoms with Crippen molar-refractivity contribution in [3.8, 4) is 0 Å². The second kappa shape index (κ2) is 36.7. The van der Waals surface area contributed by atoms with Crippen molar-refractivity contribution in [1.29, 1.82) is 0 Å². The summed E-state index contributed by atoms with van der Waals surface area (Å²) in [6, 6.07) is 27.7. The number of carbonyl (C=O) groups is 5. The van der Waals surface area contributed by atoms with Gasteiger partial charge in [0, 0.05) is 98.3 Å². The quantitative estimate of drug-likeness (QED) is 0.0761. The third kappa shape index (κ3) is 17.7. The van der Waals surface area contributed by atoms with Crippen LogP contribution in [-0.2, 0) is 69.0 Å². The van der Waals surface area contributed by atoms with Crippen molar-refractivity contribution in [3.63, 3.8) is 0 Å². The number of rotatable bonds is 5. The third-order valence-electron chi connectivity index (χ3n) is 24.3. The number of anilines is 10. The number of nitrogens with one attached hydrogen (secondary N) is 6. The van der Waals surface area contributed by atoms with Crippen LogP contribution in [-0.4, -0.2) is 173 Å². The maximum absolute atomic E-state index is 13.2. The molecule has 5 aromatic carbocycles. The van der Waals surface area contributed by atoms with E-state index in [1.165, 1.54) is 18.7 Å². The van der Waals surface area contributed by atoms with E-state index in [1.54, 1.807) is 12.1 Å². The van der Waals surface area contributed by atoms with Gasteiger partial charge in [-0.25, -0.2) is 9.36 Å². The van der Waals surface area contributed by atoms with Crippen LogP contribution in [0.25, 0.3) is 0 Å². The molecule has 10 aromatic rings. The number of aliphatic hydroxyl groups is 5. The molecule has 0 spiro atoms. The average Bonchev–Trinajstić information content (AvgIpc) is 1.64. The van der Waals surface area contributed by atoms with Gasteiger partial charge in [0.05, 0.1) is 136 Å². The number of aromatic amines is 1. The summed E-state index contributed by atoms with van der Waals surface area (Å²) >= 11 is 30.9. The van der Waals surface area contributed by atoms with Crippen LogP contribution in [0.5, 0.6) is 0 Å². The van der Waals surface area contributed by atoms with E-state index in [1.807, 2.05) is 78.9 Å². The van der Waals surface area contributed by atoms with E-state index >= 15 is 0 Å².